The predicted octanol–water partition coefficient (Wildman–Crippen LogP) is 4.45. The normalized spacial score (nSPS) is 17.1. The molecule has 0 saturated carbocycles. The molecule has 1 aliphatic rings. The highest BCUT2D eigenvalue weighted by molar-refractivity contribution is 8.18. The average Bonchev–Trinajstić information content (AvgIpc) is 2.91. The van der Waals surface area contributed by atoms with E-state index in [1.54, 1.807) is 30.3 Å². The van der Waals surface area contributed by atoms with Crippen LogP contribution in [-0.4, -0.2) is 16.0 Å². The lowest BCUT2D eigenvalue weighted by Gasteiger charge is -2.02. The van der Waals surface area contributed by atoms with Gasteiger partial charge in [0.15, 0.2) is 5.17 Å². The van der Waals surface area contributed by atoms with Crippen molar-refractivity contribution in [3.05, 3.63) is 73.6 Å². The quantitative estimate of drug-likeness (QED) is 0.489. The van der Waals surface area contributed by atoms with E-state index in [4.69, 9.17) is 11.6 Å². The van der Waals surface area contributed by atoms with E-state index in [-0.39, 0.29) is 11.6 Å². The van der Waals surface area contributed by atoms with Crippen LogP contribution in [0.15, 0.2) is 52.4 Å². The molecule has 1 heterocycles. The zero-order chi connectivity index (χ0) is 18.0. The number of hydrogen-bond donors (Lipinski definition) is 1. The maximum absolute atomic E-state index is 12.1. The maximum atomic E-state index is 12.1. The van der Waals surface area contributed by atoms with Gasteiger partial charge in [0.25, 0.3) is 11.6 Å². The summed E-state index contributed by atoms with van der Waals surface area (Å²) in [6, 6.07) is 11.5. The van der Waals surface area contributed by atoms with Crippen LogP contribution >= 0.6 is 23.4 Å². The van der Waals surface area contributed by atoms with Gasteiger partial charge in [-0.3, -0.25) is 14.9 Å². The Bertz CT molecular complexity index is 940. The smallest absolute Gasteiger partial charge is 0.270 e. The number of nitrogens with one attached hydrogen (secondary N) is 1. The fraction of sp³-hybridized carbons (Fsp3) is 0.0588. The van der Waals surface area contributed by atoms with Crippen molar-refractivity contribution in [2.24, 2.45) is 4.99 Å². The largest absolute Gasteiger partial charge is 0.300 e. The molecule has 0 radical (unpaired) electrons. The molecule has 25 heavy (non-hydrogen) atoms. The minimum absolute atomic E-state index is 0.0267. The first kappa shape index (κ1) is 17.2. The second kappa shape index (κ2) is 7.08. The van der Waals surface area contributed by atoms with E-state index in [1.807, 2.05) is 13.0 Å². The molecule has 6 nitrogen and oxygen atoms in total. The Hall–Kier alpha value is -2.64. The molecule has 2 aromatic rings. The molecule has 1 aliphatic heterocycles. The van der Waals surface area contributed by atoms with Crippen molar-refractivity contribution in [3.63, 3.8) is 0 Å². The number of carbonyl (C=O) groups is 1. The first-order valence-electron chi connectivity index (χ1n) is 7.23. The minimum atomic E-state index is -0.474. The van der Waals surface area contributed by atoms with E-state index < -0.39 is 4.92 Å². The number of non-ortho nitro benzene ring substituents is 1. The van der Waals surface area contributed by atoms with Crippen LogP contribution in [0.3, 0.4) is 0 Å². The van der Waals surface area contributed by atoms with E-state index in [0.717, 1.165) is 5.56 Å². The van der Waals surface area contributed by atoms with Crippen molar-refractivity contribution in [2.45, 2.75) is 6.92 Å². The molecule has 0 aliphatic carbocycles. The van der Waals surface area contributed by atoms with Gasteiger partial charge in [0.2, 0.25) is 0 Å². The molecule has 3 rings (SSSR count). The Morgan fingerprint density at radius 2 is 2.04 bits per heavy atom. The van der Waals surface area contributed by atoms with Crippen LogP contribution < -0.4 is 5.32 Å². The summed E-state index contributed by atoms with van der Waals surface area (Å²) in [6.45, 7) is 1.85. The van der Waals surface area contributed by atoms with Crippen LogP contribution in [0.4, 0.5) is 11.4 Å². The molecule has 1 N–H and O–H groups in total. The lowest BCUT2D eigenvalue weighted by molar-refractivity contribution is -0.384. The van der Waals surface area contributed by atoms with Gasteiger partial charge in [-0.2, -0.15) is 0 Å². The third kappa shape index (κ3) is 3.89. The third-order valence-electron chi connectivity index (χ3n) is 3.49. The van der Waals surface area contributed by atoms with Crippen LogP contribution in [0, 0.1) is 17.0 Å². The van der Waals surface area contributed by atoms with Gasteiger partial charge in [0.05, 0.1) is 15.5 Å². The standard InChI is InChI=1S/C17H12ClN3O3S/c1-10-13(18)6-3-7-14(10)19-17-20-16(22)15(25-17)9-11-4-2-5-12(8-11)21(23)24/h2-9H,1H3,(H,19,20,22)/b15-9-. The highest BCUT2D eigenvalue weighted by Crippen LogP contribution is 2.31. The van der Waals surface area contributed by atoms with E-state index in [1.165, 1.54) is 23.9 Å². The molecule has 0 bridgehead atoms. The molecule has 1 amide bonds. The van der Waals surface area contributed by atoms with Gasteiger partial charge in [0.1, 0.15) is 0 Å². The zero-order valence-electron chi connectivity index (χ0n) is 13.0. The van der Waals surface area contributed by atoms with E-state index in [0.29, 0.717) is 26.3 Å². The second-order valence-electron chi connectivity index (χ2n) is 5.22. The van der Waals surface area contributed by atoms with Crippen LogP contribution in [0.25, 0.3) is 6.08 Å². The molecular weight excluding hydrogens is 362 g/mol. The third-order valence-corrected chi connectivity index (χ3v) is 4.81. The molecule has 126 valence electrons. The van der Waals surface area contributed by atoms with Crippen LogP contribution in [0.1, 0.15) is 11.1 Å². The number of nitro groups is 1. The zero-order valence-corrected chi connectivity index (χ0v) is 14.6. The first-order chi connectivity index (χ1) is 11.9. The van der Waals surface area contributed by atoms with Crippen molar-refractivity contribution in [1.29, 1.82) is 0 Å². The van der Waals surface area contributed by atoms with Crippen molar-refractivity contribution >= 4 is 51.9 Å². The Balaban J connectivity index is 1.87. The Kier molecular flexibility index (Phi) is 4.87. The van der Waals surface area contributed by atoms with Gasteiger partial charge >= 0.3 is 0 Å². The highest BCUT2D eigenvalue weighted by atomic mass is 35.5. The van der Waals surface area contributed by atoms with Gasteiger partial charge in [-0.05, 0) is 48.0 Å². The Labute approximate surface area is 152 Å². The maximum Gasteiger partial charge on any atom is 0.270 e. The SMILES string of the molecule is Cc1c(Cl)cccc1N=C1NC(=O)/C(=C/c2cccc([N+](=O)[O-])c2)S1. The van der Waals surface area contributed by atoms with E-state index in [2.05, 4.69) is 10.3 Å². The molecule has 0 aromatic heterocycles. The Morgan fingerprint density at radius 1 is 1.28 bits per heavy atom. The van der Waals surface area contributed by atoms with Crippen LogP contribution in [0.2, 0.25) is 5.02 Å². The first-order valence-corrected chi connectivity index (χ1v) is 8.42. The summed E-state index contributed by atoms with van der Waals surface area (Å²) in [5.41, 5.74) is 2.04. The number of amides is 1. The van der Waals surface area contributed by atoms with Crippen molar-refractivity contribution in [2.75, 3.05) is 0 Å². The molecule has 0 atom stereocenters. The minimum Gasteiger partial charge on any atom is -0.300 e. The summed E-state index contributed by atoms with van der Waals surface area (Å²) in [7, 11) is 0. The number of nitrogens with zero attached hydrogens (tertiary/aromatic N) is 2. The number of rotatable bonds is 3. The summed E-state index contributed by atoms with van der Waals surface area (Å²) in [6.07, 6.45) is 1.60. The van der Waals surface area contributed by atoms with Gasteiger partial charge in [0, 0.05) is 17.2 Å². The summed E-state index contributed by atoms with van der Waals surface area (Å²) in [5.74, 6) is -0.296. The van der Waals surface area contributed by atoms with Crippen molar-refractivity contribution in [3.8, 4) is 0 Å². The lowest BCUT2D eigenvalue weighted by atomic mass is 10.2. The lowest BCUT2D eigenvalue weighted by Crippen LogP contribution is -2.19. The van der Waals surface area contributed by atoms with Crippen LogP contribution in [-0.2, 0) is 4.79 Å². The predicted molar refractivity (Wildman–Crippen MR) is 100 cm³/mol. The monoisotopic (exact) mass is 373 g/mol. The number of nitro benzene ring substituents is 1. The number of hydrogen-bond acceptors (Lipinski definition) is 5. The molecule has 2 aromatic carbocycles. The van der Waals surface area contributed by atoms with Gasteiger partial charge < -0.3 is 5.32 Å². The fourth-order valence-corrected chi connectivity index (χ4v) is 3.19. The number of aliphatic imine (C=N–C) groups is 1. The molecule has 8 heteroatoms. The summed E-state index contributed by atoms with van der Waals surface area (Å²) in [5, 5.41) is 14.6. The summed E-state index contributed by atoms with van der Waals surface area (Å²) >= 11 is 7.25. The highest BCUT2D eigenvalue weighted by Gasteiger charge is 2.24. The Morgan fingerprint density at radius 3 is 2.80 bits per heavy atom. The van der Waals surface area contributed by atoms with Crippen LogP contribution in [0.5, 0.6) is 0 Å². The van der Waals surface area contributed by atoms with Crippen molar-refractivity contribution < 1.29 is 9.72 Å². The number of amidine groups is 1. The fourth-order valence-electron chi connectivity index (χ4n) is 2.19. The number of thioether (sulfide) groups is 1. The summed E-state index contributed by atoms with van der Waals surface area (Å²) < 4.78 is 0. The van der Waals surface area contributed by atoms with E-state index >= 15 is 0 Å². The second-order valence-corrected chi connectivity index (χ2v) is 6.66. The molecule has 1 saturated heterocycles. The number of carbonyl (C=O) groups excluding carboxylic acids is 1. The summed E-state index contributed by atoms with van der Waals surface area (Å²) in [4.78, 5) is 27.3. The number of benzene rings is 2. The number of halogens is 1. The van der Waals surface area contributed by atoms with E-state index in [9.17, 15) is 14.9 Å². The molecule has 0 unspecified atom stereocenters. The molecule has 0 spiro atoms. The van der Waals surface area contributed by atoms with Crippen molar-refractivity contribution in [1.82, 2.24) is 5.32 Å². The van der Waals surface area contributed by atoms with Gasteiger partial charge in [-0.25, -0.2) is 4.99 Å². The van der Waals surface area contributed by atoms with Gasteiger partial charge in [-0.1, -0.05) is 29.8 Å². The van der Waals surface area contributed by atoms with Gasteiger partial charge in [-0.15, -0.1) is 0 Å². The topological polar surface area (TPSA) is 84.6 Å². The average molecular weight is 374 g/mol. The molecule has 1 fully saturated rings. The molecular formula is C17H12ClN3O3S.